The Morgan fingerprint density at radius 3 is 1.44 bits per heavy atom. The van der Waals surface area contributed by atoms with E-state index < -0.39 is 235 Å². The van der Waals surface area contributed by atoms with Gasteiger partial charge in [-0.25, -0.2) is 0 Å². The van der Waals surface area contributed by atoms with E-state index in [-0.39, 0.29) is 101 Å². The molecule has 1 aromatic carbocycles. The number of hydrogen-bond donors (Lipinski definition) is 24. The van der Waals surface area contributed by atoms with Gasteiger partial charge in [0.2, 0.25) is 100 Å². The lowest BCUT2D eigenvalue weighted by Crippen LogP contribution is -2.57. The van der Waals surface area contributed by atoms with Crippen LogP contribution in [0.15, 0.2) is 40.3 Å². The predicted octanol–water partition coefficient (Wildman–Crippen LogP) is -6.10. The number of guanidine groups is 2. The van der Waals surface area contributed by atoms with Gasteiger partial charge in [0.25, 0.3) is 0 Å². The SMILES string of the molecule is CCCC[C@@H](CC(=O)NCC(=O)N[C@@H](CC(=O)O)C(=O)N[C@@H](C)C(=O)N[C@H](CC(=O)N[C@@H](CC(N)=O)C(=O)N[C@@H](CCCN=C(N)N)C(N)=O)Cc1ccccc1)NC(=O)[C@H](CCCCN)NC(=O)[C@H]1CCC[C@@H]1NC(=O)[C@H](CC(C)C)NC(=O)[C@H]1CCC[C@@H]1NC(=O)[C@H](CCCN=C(N)N)NC(=O)[C@H]1CCC[C@@H]1NC(=O)[C@H](C)NC(=O)[C@H]1CNC[C@@H]1NC(C)=O. The molecule has 44 heteroatoms. The van der Waals surface area contributed by atoms with Crippen LogP contribution < -0.4 is 125 Å². The summed E-state index contributed by atoms with van der Waals surface area (Å²) in [6.45, 7) is 10.1. The van der Waals surface area contributed by atoms with Crippen molar-refractivity contribution in [3.63, 3.8) is 0 Å². The summed E-state index contributed by atoms with van der Waals surface area (Å²) in [5.74, 6) is -17.1. The van der Waals surface area contributed by atoms with Gasteiger partial charge in [-0.2, -0.15) is 0 Å². The van der Waals surface area contributed by atoms with Crippen molar-refractivity contribution in [1.82, 2.24) is 85.1 Å². The number of carboxylic acid groups (broad SMARTS) is 1. The molecule has 31 N–H and O–H groups in total. The van der Waals surface area contributed by atoms with Crippen molar-refractivity contribution in [2.24, 2.45) is 79.7 Å². The van der Waals surface area contributed by atoms with Gasteiger partial charge in [-0.1, -0.05) is 83.2 Å². The van der Waals surface area contributed by atoms with E-state index in [1.165, 1.54) is 20.8 Å². The van der Waals surface area contributed by atoms with E-state index in [9.17, 15) is 91.4 Å². The van der Waals surface area contributed by atoms with Crippen LogP contribution in [0.25, 0.3) is 0 Å². The Hall–Kier alpha value is -11.9. The number of nitrogens with one attached hydrogen (secondary N) is 16. The third-order valence-corrected chi connectivity index (χ3v) is 22.4. The largest absolute Gasteiger partial charge is 0.481 e. The molecule has 17 amide bonds. The molecule has 0 bridgehead atoms. The average Bonchev–Trinajstić information content (AvgIpc) is 1.62. The van der Waals surface area contributed by atoms with E-state index in [1.54, 1.807) is 30.3 Å². The number of primary amides is 2. The number of nitrogens with zero attached hydrogens (tertiary/aromatic N) is 2. The number of benzene rings is 1. The number of carbonyl (C=O) groups excluding carboxylic acids is 17. The van der Waals surface area contributed by atoms with Crippen LogP contribution >= 0.6 is 0 Å². The summed E-state index contributed by atoms with van der Waals surface area (Å²) in [6.07, 6.45) is 4.46. The van der Waals surface area contributed by atoms with Crippen molar-refractivity contribution in [1.29, 1.82) is 0 Å². The van der Waals surface area contributed by atoms with Crippen LogP contribution in [0.3, 0.4) is 0 Å². The number of aliphatic carboxylic acids is 1. The lowest BCUT2D eigenvalue weighted by molar-refractivity contribution is -0.141. The topological polar surface area (TPSA) is 727 Å². The molecule has 1 aromatic rings. The molecular weight excluding hydrogens is 1640 g/mol. The first kappa shape index (κ1) is 105. The maximum atomic E-state index is 14.5. The number of nitrogens with two attached hydrogens (primary N) is 7. The first-order valence-electron chi connectivity index (χ1n) is 43.6. The average molecular weight is 1780 g/mol. The summed E-state index contributed by atoms with van der Waals surface area (Å²) in [5, 5.41) is 53.4. The molecule has 702 valence electrons. The monoisotopic (exact) mass is 1770 g/mol. The molecule has 4 aliphatic rings. The van der Waals surface area contributed by atoms with Gasteiger partial charge in [0.15, 0.2) is 11.9 Å². The first-order chi connectivity index (χ1) is 59.7. The van der Waals surface area contributed by atoms with Gasteiger partial charge in [-0.15, -0.1) is 0 Å². The lowest BCUT2D eigenvalue weighted by atomic mass is 9.97. The Labute approximate surface area is 733 Å². The molecule has 3 saturated carbocycles. The van der Waals surface area contributed by atoms with Crippen molar-refractivity contribution in [2.45, 2.75) is 287 Å². The lowest BCUT2D eigenvalue weighted by Gasteiger charge is -2.29. The number of unbranched alkanes of at least 4 members (excludes halogenated alkanes) is 2. The number of rotatable bonds is 55. The van der Waals surface area contributed by atoms with Crippen LogP contribution in [0.2, 0.25) is 0 Å². The van der Waals surface area contributed by atoms with E-state index in [0.29, 0.717) is 102 Å². The van der Waals surface area contributed by atoms with Gasteiger partial charge in [0, 0.05) is 76.2 Å². The van der Waals surface area contributed by atoms with Crippen LogP contribution in [0.1, 0.15) is 201 Å². The minimum atomic E-state index is -1.81. The van der Waals surface area contributed by atoms with Gasteiger partial charge >= 0.3 is 5.97 Å². The van der Waals surface area contributed by atoms with Crippen LogP contribution in [0.5, 0.6) is 0 Å². The van der Waals surface area contributed by atoms with Crippen molar-refractivity contribution < 1.29 is 91.4 Å². The van der Waals surface area contributed by atoms with E-state index in [0.717, 1.165) is 0 Å². The quantitative estimate of drug-likeness (QED) is 0.0164. The van der Waals surface area contributed by atoms with Gasteiger partial charge in [-0.3, -0.25) is 96.3 Å². The second kappa shape index (κ2) is 54.1. The Bertz CT molecular complexity index is 3960. The van der Waals surface area contributed by atoms with E-state index >= 15 is 0 Å². The Kier molecular flexibility index (Phi) is 45.0. The Balaban J connectivity index is 1.18. The van der Waals surface area contributed by atoms with Crippen LogP contribution in [0.4, 0.5) is 0 Å². The second-order valence-corrected chi connectivity index (χ2v) is 33.4. The molecule has 0 radical (unpaired) electrons. The minimum Gasteiger partial charge on any atom is -0.481 e. The van der Waals surface area contributed by atoms with Gasteiger partial charge < -0.3 is 130 Å². The number of hydrogen-bond acceptors (Lipinski definition) is 22. The first-order valence-corrected chi connectivity index (χ1v) is 43.6. The number of carbonyl (C=O) groups is 18. The number of carboxylic acids is 1. The molecule has 1 saturated heterocycles. The maximum absolute atomic E-state index is 14.5. The zero-order valence-corrected chi connectivity index (χ0v) is 73.0. The standard InChI is InChI=1S/C82H135N25O19/c1-7-8-21-48(36-65(110)93-42-67(112)100-62(39-68(113)114)78(124)95-44(4)70(116)98-49(35-47-19-10-9-11-20-47)37-66(111)99-61(38-64(84)109)80(126)104-57(69(85)115)29-17-32-91-81(86)87)97-76(122)58(25-12-13-31-83)105-73(119)51-23-15-28-56(51)103-79(125)60(34-43(2)3)107-74(120)52-24-16-27-55(52)102-77(123)59(30-18-33-92-82(88)89)106-72(118)50-22-14-26-54(50)101-71(117)45(5)94-75(121)53-40-90-41-63(53)96-46(6)108/h9-11,19-20,43-45,48-63,90H,7-8,12-18,21-42,83H2,1-6H3,(H2,84,109)(H2,85,115)(H,93,110)(H,94,121)(H,95,124)(H,96,108)(H,97,122)(H,98,116)(H,99,111)(H,100,112)(H,101,117)(H,102,123)(H,103,125)(H,104,126)(H,105,119)(H,106,118)(H,107,120)(H,113,114)(H4,86,87,91)(H4,88,89,92)/t44-,45-,48-,49-,50-,51-,52-,53-,54-,55-,56-,57-,58-,59-,60-,61-,62-,63-/m0/s1. The molecular formula is C82H135N25O19. The van der Waals surface area contributed by atoms with Crippen LogP contribution in [-0.2, 0) is 92.7 Å². The third kappa shape index (κ3) is 37.5. The molecule has 44 nitrogen and oxygen atoms in total. The van der Waals surface area contributed by atoms with Gasteiger partial charge in [0.05, 0.1) is 49.1 Å². The fourth-order valence-electron chi connectivity index (χ4n) is 15.8. The van der Waals surface area contributed by atoms with Crippen molar-refractivity contribution >= 4 is 118 Å². The third-order valence-electron chi connectivity index (χ3n) is 22.4. The maximum Gasteiger partial charge on any atom is 0.305 e. The van der Waals surface area contributed by atoms with Gasteiger partial charge in [0.1, 0.15) is 48.3 Å². The highest BCUT2D eigenvalue weighted by Crippen LogP contribution is 2.30. The smallest absolute Gasteiger partial charge is 0.305 e. The van der Waals surface area contributed by atoms with E-state index in [1.807, 2.05) is 20.8 Å². The highest BCUT2D eigenvalue weighted by atomic mass is 16.4. The Morgan fingerprint density at radius 1 is 0.437 bits per heavy atom. The molecule has 18 atom stereocenters. The number of aliphatic imine (C=N–C) groups is 2. The molecule has 0 spiro atoms. The number of amides is 17. The zero-order valence-electron chi connectivity index (χ0n) is 73.0. The normalized spacial score (nSPS) is 20.5. The fraction of sp³-hybridized carbons (Fsp3) is 0.683. The fourth-order valence-corrected chi connectivity index (χ4v) is 15.8. The second-order valence-electron chi connectivity index (χ2n) is 33.4. The van der Waals surface area contributed by atoms with Crippen molar-refractivity contribution in [2.75, 3.05) is 39.3 Å². The van der Waals surface area contributed by atoms with Crippen molar-refractivity contribution in [3.8, 4) is 0 Å². The molecule has 3 aliphatic carbocycles. The molecule has 0 unspecified atom stereocenters. The van der Waals surface area contributed by atoms with Crippen molar-refractivity contribution in [3.05, 3.63) is 35.9 Å². The molecule has 1 heterocycles. The molecule has 1 aliphatic heterocycles. The van der Waals surface area contributed by atoms with Crippen LogP contribution in [-0.4, -0.2) is 247 Å². The minimum absolute atomic E-state index is 0.00344. The molecule has 4 fully saturated rings. The zero-order chi connectivity index (χ0) is 93.3. The van der Waals surface area contributed by atoms with Crippen LogP contribution in [0, 0.1) is 29.6 Å². The highest BCUT2D eigenvalue weighted by Gasteiger charge is 2.43. The predicted molar refractivity (Wildman–Crippen MR) is 462 cm³/mol. The summed E-state index contributed by atoms with van der Waals surface area (Å²) in [5.41, 5.74) is 39.3. The highest BCUT2D eigenvalue weighted by molar-refractivity contribution is 5.98. The summed E-state index contributed by atoms with van der Waals surface area (Å²) >= 11 is 0. The summed E-state index contributed by atoms with van der Waals surface area (Å²) in [6, 6.07) is -6.46. The molecule has 0 aromatic heterocycles. The van der Waals surface area contributed by atoms with E-state index in [2.05, 4.69) is 95.1 Å². The molecule has 5 rings (SSSR count). The van der Waals surface area contributed by atoms with Gasteiger partial charge in [-0.05, 0) is 135 Å². The Morgan fingerprint density at radius 2 is 0.913 bits per heavy atom. The summed E-state index contributed by atoms with van der Waals surface area (Å²) in [7, 11) is 0. The summed E-state index contributed by atoms with van der Waals surface area (Å²) in [4.78, 5) is 251. The summed E-state index contributed by atoms with van der Waals surface area (Å²) < 4.78 is 0. The molecule has 126 heavy (non-hydrogen) atoms. The van der Waals surface area contributed by atoms with E-state index in [4.69, 9.17) is 40.1 Å².